The van der Waals surface area contributed by atoms with E-state index in [1.54, 1.807) is 48.5 Å². The van der Waals surface area contributed by atoms with E-state index in [2.05, 4.69) is 10.5 Å². The van der Waals surface area contributed by atoms with Crippen LogP contribution < -0.4 is 24.4 Å². The fourth-order valence-corrected chi connectivity index (χ4v) is 4.11. The molecular weight excluding hydrogens is 547 g/mol. The van der Waals surface area contributed by atoms with E-state index in [4.69, 9.17) is 30.5 Å². The van der Waals surface area contributed by atoms with Gasteiger partial charge in [-0.05, 0) is 61.4 Å². The lowest BCUT2D eigenvalue weighted by molar-refractivity contribution is 0.0954. The average Bonchev–Trinajstić information content (AvgIpc) is 2.97. The second-order valence-corrected chi connectivity index (χ2v) is 9.12. The third kappa shape index (κ3) is 8.22. The largest absolute Gasteiger partial charge is 0.490 e. The summed E-state index contributed by atoms with van der Waals surface area (Å²) in [7, 11) is 0. The summed E-state index contributed by atoms with van der Waals surface area (Å²) < 4.78 is 37.1. The smallest absolute Gasteiger partial charge is 0.271 e. The first-order chi connectivity index (χ1) is 20.0. The predicted molar refractivity (Wildman–Crippen MR) is 157 cm³/mol. The second-order valence-electron chi connectivity index (χ2n) is 8.71. The van der Waals surface area contributed by atoms with E-state index >= 15 is 0 Å². The molecule has 4 aromatic carbocycles. The fourth-order valence-electron chi connectivity index (χ4n) is 3.83. The molecule has 9 heteroatoms. The van der Waals surface area contributed by atoms with E-state index in [1.807, 2.05) is 44.2 Å². The second kappa shape index (κ2) is 14.7. The highest BCUT2D eigenvalue weighted by atomic mass is 35.5. The van der Waals surface area contributed by atoms with Crippen molar-refractivity contribution in [2.24, 2.45) is 5.10 Å². The van der Waals surface area contributed by atoms with Crippen LogP contribution in [-0.2, 0) is 13.2 Å². The van der Waals surface area contributed by atoms with E-state index in [0.717, 1.165) is 5.56 Å². The Labute approximate surface area is 243 Å². The molecule has 4 rings (SSSR count). The molecule has 0 aromatic heterocycles. The predicted octanol–water partition coefficient (Wildman–Crippen LogP) is 7.20. The number of benzene rings is 4. The van der Waals surface area contributed by atoms with Crippen LogP contribution in [0.2, 0.25) is 5.02 Å². The van der Waals surface area contributed by atoms with Crippen molar-refractivity contribution < 1.29 is 28.1 Å². The zero-order valence-corrected chi connectivity index (χ0v) is 23.5. The van der Waals surface area contributed by atoms with Gasteiger partial charge < -0.3 is 18.9 Å². The van der Waals surface area contributed by atoms with Crippen LogP contribution in [0, 0.1) is 5.82 Å². The number of hydrazone groups is 1. The van der Waals surface area contributed by atoms with Crippen molar-refractivity contribution in [3.63, 3.8) is 0 Å². The molecule has 0 radical (unpaired) electrons. The lowest BCUT2D eigenvalue weighted by Crippen LogP contribution is -2.17. The summed E-state index contributed by atoms with van der Waals surface area (Å²) in [4.78, 5) is 12.8. The molecule has 0 aliphatic carbocycles. The SMILES string of the molecule is CCOc1cc(C(=O)N/N=C/c2cc(Cl)c(OCc3ccccc3F)c(OCC)c2)ccc1OCc1ccccc1. The molecule has 1 N–H and O–H groups in total. The minimum absolute atomic E-state index is 0.0181. The Kier molecular flexibility index (Phi) is 10.6. The number of carbonyl (C=O) groups excluding carboxylic acids is 1. The number of amides is 1. The number of ether oxygens (including phenoxy) is 4. The van der Waals surface area contributed by atoms with E-state index < -0.39 is 5.91 Å². The Bertz CT molecular complexity index is 1500. The van der Waals surface area contributed by atoms with Crippen molar-refractivity contribution in [2.45, 2.75) is 27.1 Å². The van der Waals surface area contributed by atoms with Gasteiger partial charge in [0.15, 0.2) is 23.0 Å². The van der Waals surface area contributed by atoms with Crippen molar-refractivity contribution in [1.82, 2.24) is 5.43 Å². The van der Waals surface area contributed by atoms with Crippen LogP contribution in [0.25, 0.3) is 0 Å². The molecular formula is C32H30ClFN2O5. The molecule has 0 heterocycles. The molecule has 0 spiro atoms. The Hall–Kier alpha value is -4.56. The summed E-state index contributed by atoms with van der Waals surface area (Å²) in [5.74, 6) is 0.847. The van der Waals surface area contributed by atoms with Gasteiger partial charge in [-0.25, -0.2) is 9.82 Å². The quantitative estimate of drug-likeness (QED) is 0.134. The van der Waals surface area contributed by atoms with Crippen LogP contribution in [0.4, 0.5) is 4.39 Å². The van der Waals surface area contributed by atoms with Crippen molar-refractivity contribution in [3.8, 4) is 23.0 Å². The monoisotopic (exact) mass is 576 g/mol. The summed E-state index contributed by atoms with van der Waals surface area (Å²) in [6.07, 6.45) is 1.44. The number of hydrogen-bond acceptors (Lipinski definition) is 6. The normalized spacial score (nSPS) is 10.8. The van der Waals surface area contributed by atoms with E-state index in [9.17, 15) is 9.18 Å². The summed E-state index contributed by atoms with van der Waals surface area (Å²) in [5.41, 5.74) is 4.83. The Morgan fingerprint density at radius 2 is 1.56 bits per heavy atom. The summed E-state index contributed by atoms with van der Waals surface area (Å²) in [5, 5.41) is 4.32. The number of halogens is 2. The van der Waals surface area contributed by atoms with Crippen molar-refractivity contribution in [1.29, 1.82) is 0 Å². The van der Waals surface area contributed by atoms with Gasteiger partial charge in [0.2, 0.25) is 0 Å². The number of nitrogens with zero attached hydrogens (tertiary/aromatic N) is 1. The molecule has 0 saturated heterocycles. The third-order valence-corrected chi connectivity index (χ3v) is 6.06. The fraction of sp³-hybridized carbons (Fsp3) is 0.188. The number of hydrogen-bond donors (Lipinski definition) is 1. The molecule has 0 fully saturated rings. The van der Waals surface area contributed by atoms with Crippen LogP contribution in [0.5, 0.6) is 23.0 Å². The first-order valence-corrected chi connectivity index (χ1v) is 13.5. The van der Waals surface area contributed by atoms with Crippen LogP contribution in [0.15, 0.2) is 90.0 Å². The molecule has 0 unspecified atom stereocenters. The molecule has 0 aliphatic heterocycles. The lowest BCUT2D eigenvalue weighted by atomic mass is 10.2. The van der Waals surface area contributed by atoms with Gasteiger partial charge in [-0.15, -0.1) is 0 Å². The van der Waals surface area contributed by atoms with E-state index in [1.165, 1.54) is 12.3 Å². The number of carbonyl (C=O) groups is 1. The standard InChI is InChI=1S/C32H30ClFN2O5/c1-3-38-29-18-24(14-15-28(29)40-20-22-10-6-5-7-11-22)32(37)36-35-19-23-16-26(33)31(30(17-23)39-4-2)41-21-25-12-8-9-13-27(25)34/h5-19H,3-4,20-21H2,1-2H3,(H,36,37)/b35-19+. The van der Waals surface area contributed by atoms with Gasteiger partial charge in [-0.3, -0.25) is 4.79 Å². The van der Waals surface area contributed by atoms with Gasteiger partial charge in [0.25, 0.3) is 5.91 Å². The first-order valence-electron chi connectivity index (χ1n) is 13.1. The molecule has 0 aliphatic rings. The Morgan fingerprint density at radius 3 is 2.32 bits per heavy atom. The molecule has 0 saturated carbocycles. The maximum atomic E-state index is 14.0. The van der Waals surface area contributed by atoms with Gasteiger partial charge >= 0.3 is 0 Å². The maximum Gasteiger partial charge on any atom is 0.271 e. The van der Waals surface area contributed by atoms with Crippen LogP contribution >= 0.6 is 11.6 Å². The summed E-state index contributed by atoms with van der Waals surface area (Å²) >= 11 is 6.47. The highest BCUT2D eigenvalue weighted by Gasteiger charge is 2.15. The van der Waals surface area contributed by atoms with E-state index in [0.29, 0.717) is 53.8 Å². The van der Waals surface area contributed by atoms with Crippen molar-refractivity contribution in [2.75, 3.05) is 13.2 Å². The summed E-state index contributed by atoms with van der Waals surface area (Å²) in [6, 6.07) is 24.3. The maximum absolute atomic E-state index is 14.0. The van der Waals surface area contributed by atoms with Crippen LogP contribution in [0.3, 0.4) is 0 Å². The zero-order valence-electron chi connectivity index (χ0n) is 22.7. The zero-order chi connectivity index (χ0) is 29.0. The highest BCUT2D eigenvalue weighted by Crippen LogP contribution is 2.37. The van der Waals surface area contributed by atoms with Crippen LogP contribution in [0.1, 0.15) is 40.9 Å². The number of nitrogens with one attached hydrogen (secondary N) is 1. The molecule has 4 aromatic rings. The van der Waals surface area contributed by atoms with Crippen molar-refractivity contribution in [3.05, 3.63) is 118 Å². The number of rotatable bonds is 13. The van der Waals surface area contributed by atoms with Gasteiger partial charge in [0, 0.05) is 11.1 Å². The molecule has 7 nitrogen and oxygen atoms in total. The molecule has 1 amide bonds. The van der Waals surface area contributed by atoms with Crippen molar-refractivity contribution >= 4 is 23.7 Å². The first kappa shape index (κ1) is 29.4. The minimum Gasteiger partial charge on any atom is -0.490 e. The summed E-state index contributed by atoms with van der Waals surface area (Å²) in [6.45, 7) is 4.80. The Morgan fingerprint density at radius 1 is 0.829 bits per heavy atom. The van der Waals surface area contributed by atoms with Crippen LogP contribution in [-0.4, -0.2) is 25.3 Å². The van der Waals surface area contributed by atoms with Gasteiger partial charge in [0.05, 0.1) is 24.5 Å². The topological polar surface area (TPSA) is 78.4 Å². The average molecular weight is 577 g/mol. The lowest BCUT2D eigenvalue weighted by Gasteiger charge is -2.15. The molecule has 0 bridgehead atoms. The van der Waals surface area contributed by atoms with Gasteiger partial charge in [0.1, 0.15) is 19.0 Å². The van der Waals surface area contributed by atoms with Gasteiger partial charge in [-0.2, -0.15) is 5.10 Å². The third-order valence-electron chi connectivity index (χ3n) is 5.78. The highest BCUT2D eigenvalue weighted by molar-refractivity contribution is 6.32. The van der Waals surface area contributed by atoms with Gasteiger partial charge in [-0.1, -0.05) is 60.1 Å². The van der Waals surface area contributed by atoms with E-state index in [-0.39, 0.29) is 23.2 Å². The Balaban J connectivity index is 1.42. The molecule has 0 atom stereocenters. The molecule has 212 valence electrons. The minimum atomic E-state index is -0.433. The molecule has 41 heavy (non-hydrogen) atoms.